The largest absolute Gasteiger partial charge is 0.357 e. The third kappa shape index (κ3) is 3.53. The Balaban J connectivity index is 1.92. The fraction of sp³-hybridized carbons (Fsp3) is 0.273. The molecule has 0 atom stereocenters. The van der Waals surface area contributed by atoms with E-state index in [1.807, 2.05) is 12.1 Å². The number of nitrogens with one attached hydrogen (secondary N) is 2. The number of hydrogen-bond donors (Lipinski definition) is 2. The molecule has 0 amide bonds. The lowest BCUT2D eigenvalue weighted by Gasteiger charge is -2.06. The minimum atomic E-state index is 0.167. The van der Waals surface area contributed by atoms with Crippen molar-refractivity contribution in [2.45, 2.75) is 6.42 Å². The smallest absolute Gasteiger partial charge is 0.228 e. The summed E-state index contributed by atoms with van der Waals surface area (Å²) < 4.78 is 0. The van der Waals surface area contributed by atoms with E-state index in [1.54, 1.807) is 19.4 Å². The van der Waals surface area contributed by atoms with E-state index in [4.69, 9.17) is 11.6 Å². The Bertz CT molecular complexity index is 504. The van der Waals surface area contributed by atoms with Gasteiger partial charge in [-0.05, 0) is 35.7 Å². The van der Waals surface area contributed by atoms with E-state index in [9.17, 15) is 0 Å². The minimum Gasteiger partial charge on any atom is -0.357 e. The van der Waals surface area contributed by atoms with Gasteiger partial charge in [0.15, 0.2) is 0 Å². The molecular weight excluding hydrogens is 252 g/mol. The Hall–Kier alpha value is -1.95. The maximum atomic E-state index is 5.77. The van der Waals surface area contributed by atoms with E-state index in [2.05, 4.69) is 30.6 Å². The van der Waals surface area contributed by atoms with Gasteiger partial charge in [0.25, 0.3) is 0 Å². The van der Waals surface area contributed by atoms with Gasteiger partial charge in [-0.2, -0.15) is 15.0 Å². The minimum absolute atomic E-state index is 0.167. The molecular formula is C11H13ClN6. The molecule has 0 aliphatic heterocycles. The van der Waals surface area contributed by atoms with Gasteiger partial charge >= 0.3 is 0 Å². The molecule has 0 bridgehead atoms. The van der Waals surface area contributed by atoms with Crippen molar-refractivity contribution in [1.82, 2.24) is 19.9 Å². The van der Waals surface area contributed by atoms with Crippen LogP contribution < -0.4 is 10.6 Å². The number of nitrogens with zero attached hydrogens (tertiary/aromatic N) is 4. The summed E-state index contributed by atoms with van der Waals surface area (Å²) in [5.41, 5.74) is 1.20. The first-order valence-corrected chi connectivity index (χ1v) is 5.88. The van der Waals surface area contributed by atoms with Gasteiger partial charge in [-0.25, -0.2) is 0 Å². The van der Waals surface area contributed by atoms with Gasteiger partial charge in [0.1, 0.15) is 0 Å². The number of halogens is 1. The fourth-order valence-corrected chi connectivity index (χ4v) is 1.57. The van der Waals surface area contributed by atoms with Crippen molar-refractivity contribution in [3.05, 3.63) is 35.4 Å². The van der Waals surface area contributed by atoms with Gasteiger partial charge in [-0.1, -0.05) is 0 Å². The van der Waals surface area contributed by atoms with E-state index < -0.39 is 0 Å². The van der Waals surface area contributed by atoms with Crippen molar-refractivity contribution >= 4 is 23.5 Å². The quantitative estimate of drug-likeness (QED) is 0.855. The van der Waals surface area contributed by atoms with Crippen molar-refractivity contribution in [2.24, 2.45) is 0 Å². The lowest BCUT2D eigenvalue weighted by atomic mass is 10.2. The predicted molar refractivity (Wildman–Crippen MR) is 70.8 cm³/mol. The van der Waals surface area contributed by atoms with Crippen LogP contribution in [0.5, 0.6) is 0 Å². The highest BCUT2D eigenvalue weighted by molar-refractivity contribution is 6.28. The number of hydrogen-bond acceptors (Lipinski definition) is 6. The van der Waals surface area contributed by atoms with Crippen molar-refractivity contribution < 1.29 is 0 Å². The Morgan fingerprint density at radius 3 is 2.56 bits per heavy atom. The molecule has 0 fully saturated rings. The molecule has 0 radical (unpaired) electrons. The second-order valence-corrected chi connectivity index (χ2v) is 3.87. The maximum absolute atomic E-state index is 5.77. The van der Waals surface area contributed by atoms with Gasteiger partial charge in [0.05, 0.1) is 0 Å². The average molecular weight is 265 g/mol. The summed E-state index contributed by atoms with van der Waals surface area (Å²) >= 11 is 5.77. The molecule has 94 valence electrons. The molecule has 2 aromatic heterocycles. The Labute approximate surface area is 110 Å². The monoisotopic (exact) mass is 264 g/mol. The normalized spacial score (nSPS) is 10.1. The zero-order valence-corrected chi connectivity index (χ0v) is 10.6. The Kier molecular flexibility index (Phi) is 4.25. The lowest BCUT2D eigenvalue weighted by molar-refractivity contribution is 0.961. The number of aromatic nitrogens is 4. The molecule has 18 heavy (non-hydrogen) atoms. The van der Waals surface area contributed by atoms with Crippen LogP contribution in [0, 0.1) is 0 Å². The zero-order chi connectivity index (χ0) is 12.8. The highest BCUT2D eigenvalue weighted by Crippen LogP contribution is 2.08. The van der Waals surface area contributed by atoms with E-state index in [1.165, 1.54) is 5.56 Å². The Morgan fingerprint density at radius 2 is 1.83 bits per heavy atom. The van der Waals surface area contributed by atoms with Crippen molar-refractivity contribution in [2.75, 3.05) is 24.2 Å². The van der Waals surface area contributed by atoms with Crippen LogP contribution in [0.3, 0.4) is 0 Å². The first-order chi connectivity index (χ1) is 8.78. The molecule has 0 spiro atoms. The highest BCUT2D eigenvalue weighted by Gasteiger charge is 2.02. The molecule has 0 unspecified atom stereocenters. The van der Waals surface area contributed by atoms with E-state index in [0.717, 1.165) is 6.42 Å². The standard InChI is InChI=1S/C11H13ClN6/c1-13-10-16-9(12)17-11(18-10)15-7-4-8-2-5-14-6-3-8/h2-3,5-6H,4,7H2,1H3,(H2,13,15,16,17,18). The Morgan fingerprint density at radius 1 is 1.11 bits per heavy atom. The molecule has 0 saturated heterocycles. The van der Waals surface area contributed by atoms with Crippen LogP contribution in [0.25, 0.3) is 0 Å². The van der Waals surface area contributed by atoms with Crippen molar-refractivity contribution in [1.29, 1.82) is 0 Å². The summed E-state index contributed by atoms with van der Waals surface area (Å²) in [5.74, 6) is 0.912. The molecule has 0 saturated carbocycles. The molecule has 0 aliphatic rings. The molecule has 2 rings (SSSR count). The third-order valence-electron chi connectivity index (χ3n) is 2.28. The van der Waals surface area contributed by atoms with Crippen LogP contribution in [-0.2, 0) is 6.42 Å². The van der Waals surface area contributed by atoms with Gasteiger partial charge < -0.3 is 10.6 Å². The summed E-state index contributed by atoms with van der Waals surface area (Å²) in [6, 6.07) is 3.95. The second kappa shape index (κ2) is 6.11. The van der Waals surface area contributed by atoms with Crippen molar-refractivity contribution in [3.8, 4) is 0 Å². The second-order valence-electron chi connectivity index (χ2n) is 3.53. The SMILES string of the molecule is CNc1nc(Cl)nc(NCCc2ccncc2)n1. The molecule has 2 N–H and O–H groups in total. The number of anilines is 2. The van der Waals surface area contributed by atoms with E-state index in [0.29, 0.717) is 18.4 Å². The van der Waals surface area contributed by atoms with Gasteiger partial charge in [-0.3, -0.25) is 4.98 Å². The summed E-state index contributed by atoms with van der Waals surface area (Å²) in [6.45, 7) is 0.716. The van der Waals surface area contributed by atoms with Crippen LogP contribution in [0.2, 0.25) is 5.28 Å². The van der Waals surface area contributed by atoms with Gasteiger partial charge in [-0.15, -0.1) is 0 Å². The maximum Gasteiger partial charge on any atom is 0.228 e. The van der Waals surface area contributed by atoms with Crippen LogP contribution >= 0.6 is 11.6 Å². The molecule has 2 aromatic rings. The first-order valence-electron chi connectivity index (χ1n) is 5.50. The van der Waals surface area contributed by atoms with Crippen LogP contribution in [0.1, 0.15) is 5.56 Å². The topological polar surface area (TPSA) is 75.6 Å². The van der Waals surface area contributed by atoms with Gasteiger partial charge in [0, 0.05) is 26.0 Å². The first kappa shape index (κ1) is 12.5. The highest BCUT2D eigenvalue weighted by atomic mass is 35.5. The number of pyridine rings is 1. The van der Waals surface area contributed by atoms with E-state index in [-0.39, 0.29) is 5.28 Å². The van der Waals surface area contributed by atoms with Crippen LogP contribution in [0.15, 0.2) is 24.5 Å². The van der Waals surface area contributed by atoms with E-state index >= 15 is 0 Å². The zero-order valence-electron chi connectivity index (χ0n) is 9.89. The van der Waals surface area contributed by atoms with Crippen LogP contribution in [-0.4, -0.2) is 33.5 Å². The summed E-state index contributed by atoms with van der Waals surface area (Å²) in [6.07, 6.45) is 4.41. The lowest BCUT2D eigenvalue weighted by Crippen LogP contribution is -2.10. The molecule has 7 heteroatoms. The summed E-state index contributed by atoms with van der Waals surface area (Å²) in [5, 5.41) is 6.09. The summed E-state index contributed by atoms with van der Waals surface area (Å²) in [4.78, 5) is 16.0. The third-order valence-corrected chi connectivity index (χ3v) is 2.45. The molecule has 2 heterocycles. The predicted octanol–water partition coefficient (Wildman–Crippen LogP) is 1.62. The molecule has 0 aromatic carbocycles. The fourth-order valence-electron chi connectivity index (χ4n) is 1.41. The average Bonchev–Trinajstić information content (AvgIpc) is 2.39. The summed E-state index contributed by atoms with van der Waals surface area (Å²) in [7, 11) is 1.73. The molecule has 6 nitrogen and oxygen atoms in total. The van der Waals surface area contributed by atoms with Gasteiger partial charge in [0.2, 0.25) is 17.2 Å². The molecule has 0 aliphatic carbocycles. The number of rotatable bonds is 5. The van der Waals surface area contributed by atoms with Crippen molar-refractivity contribution in [3.63, 3.8) is 0 Å². The van der Waals surface area contributed by atoms with Crippen LogP contribution in [0.4, 0.5) is 11.9 Å².